The van der Waals surface area contributed by atoms with Crippen molar-refractivity contribution in [2.24, 2.45) is 0 Å². The van der Waals surface area contributed by atoms with Gasteiger partial charge in [-0.15, -0.1) is 0 Å². The zero-order chi connectivity index (χ0) is 26.7. The van der Waals surface area contributed by atoms with Gasteiger partial charge in [0, 0.05) is 38.2 Å². The Morgan fingerprint density at radius 2 is 1.53 bits per heavy atom. The zero-order valence-electron chi connectivity index (χ0n) is 22.3. The highest BCUT2D eigenvalue weighted by atomic mass is 19.2. The van der Waals surface area contributed by atoms with Crippen molar-refractivity contribution >= 4 is 11.8 Å². The van der Waals surface area contributed by atoms with Crippen LogP contribution in [0.15, 0.2) is 60.7 Å². The molecule has 38 heavy (non-hydrogen) atoms. The Kier molecular flexibility index (Phi) is 7.80. The van der Waals surface area contributed by atoms with Crippen LogP contribution in [0.4, 0.5) is 19.3 Å². The highest BCUT2D eigenvalue weighted by molar-refractivity contribution is 5.90. The summed E-state index contributed by atoms with van der Waals surface area (Å²) in [5, 5.41) is 0. The molecule has 0 atom stereocenters. The minimum atomic E-state index is -0.817. The van der Waals surface area contributed by atoms with E-state index in [0.717, 1.165) is 75.0 Å². The first kappa shape index (κ1) is 26.4. The van der Waals surface area contributed by atoms with Gasteiger partial charge >= 0.3 is 6.09 Å². The van der Waals surface area contributed by atoms with Crippen LogP contribution in [0.3, 0.4) is 0 Å². The van der Waals surface area contributed by atoms with E-state index in [4.69, 9.17) is 4.74 Å². The van der Waals surface area contributed by atoms with Crippen LogP contribution in [-0.2, 0) is 24.1 Å². The van der Waals surface area contributed by atoms with Crippen molar-refractivity contribution in [1.29, 1.82) is 0 Å². The van der Waals surface area contributed by atoms with Crippen LogP contribution in [0.2, 0.25) is 0 Å². The molecular formula is C32H36F2N2O2. The van der Waals surface area contributed by atoms with Gasteiger partial charge in [-0.2, -0.15) is 0 Å². The molecule has 0 aliphatic carbocycles. The summed E-state index contributed by atoms with van der Waals surface area (Å²) in [6.45, 7) is 7.41. The number of carbonyl (C=O) groups excluding carboxylic acids is 1. The number of rotatable bonds is 8. The minimum absolute atomic E-state index is 0.258. The van der Waals surface area contributed by atoms with Crippen molar-refractivity contribution in [1.82, 2.24) is 4.90 Å². The summed E-state index contributed by atoms with van der Waals surface area (Å²) in [5.41, 5.74) is 5.87. The van der Waals surface area contributed by atoms with Gasteiger partial charge in [-0.25, -0.2) is 13.6 Å². The molecule has 2 aliphatic heterocycles. The van der Waals surface area contributed by atoms with E-state index in [0.29, 0.717) is 6.54 Å². The first-order chi connectivity index (χ1) is 18.4. The van der Waals surface area contributed by atoms with Crippen LogP contribution in [0, 0.1) is 11.6 Å². The van der Waals surface area contributed by atoms with Crippen LogP contribution in [-0.4, -0.2) is 36.2 Å². The molecule has 0 radical (unpaired) electrons. The lowest BCUT2D eigenvalue weighted by Crippen LogP contribution is -2.46. The third kappa shape index (κ3) is 5.46. The summed E-state index contributed by atoms with van der Waals surface area (Å²) >= 11 is 0. The van der Waals surface area contributed by atoms with Gasteiger partial charge in [-0.3, -0.25) is 9.80 Å². The molecular weight excluding hydrogens is 482 g/mol. The first-order valence-electron chi connectivity index (χ1n) is 13.8. The van der Waals surface area contributed by atoms with Gasteiger partial charge in [-0.05, 0) is 64.9 Å². The lowest BCUT2D eigenvalue weighted by molar-refractivity contribution is -0.000981. The summed E-state index contributed by atoms with van der Waals surface area (Å²) < 4.78 is 33.8. The van der Waals surface area contributed by atoms with Crippen molar-refractivity contribution < 1.29 is 18.3 Å². The number of hydrogen-bond donors (Lipinski definition) is 0. The number of piperidine rings is 1. The molecule has 2 fully saturated rings. The topological polar surface area (TPSA) is 32.8 Å². The molecule has 3 aromatic carbocycles. The van der Waals surface area contributed by atoms with Crippen molar-refractivity contribution in [2.75, 3.05) is 24.5 Å². The molecule has 0 N–H and O–H groups in total. The maximum atomic E-state index is 14.1. The van der Waals surface area contributed by atoms with E-state index in [-0.39, 0.29) is 6.09 Å². The number of carbonyl (C=O) groups is 1. The number of halogens is 2. The number of nitrogens with zero attached hydrogens (tertiary/aromatic N) is 2. The van der Waals surface area contributed by atoms with Gasteiger partial charge in [0.25, 0.3) is 0 Å². The Morgan fingerprint density at radius 1 is 0.868 bits per heavy atom. The molecule has 1 spiro atoms. The maximum absolute atomic E-state index is 14.1. The third-order valence-electron chi connectivity index (χ3n) is 7.82. The van der Waals surface area contributed by atoms with Crippen molar-refractivity contribution in [3.8, 4) is 11.1 Å². The van der Waals surface area contributed by atoms with Crippen LogP contribution in [0.25, 0.3) is 11.1 Å². The Hall–Kier alpha value is -3.25. The second-order valence-electron chi connectivity index (χ2n) is 10.7. The van der Waals surface area contributed by atoms with E-state index >= 15 is 0 Å². The molecule has 2 aliphatic rings. The van der Waals surface area contributed by atoms with Crippen LogP contribution in [0.1, 0.15) is 56.2 Å². The molecule has 200 valence electrons. The van der Waals surface area contributed by atoms with E-state index in [9.17, 15) is 13.6 Å². The molecule has 3 aromatic rings. The molecule has 0 bridgehead atoms. The molecule has 4 nitrogen and oxygen atoms in total. The first-order valence-corrected chi connectivity index (χ1v) is 13.8. The van der Waals surface area contributed by atoms with E-state index in [1.165, 1.54) is 28.8 Å². The standard InChI is InChI=1S/C32H36F2N2O2/c1-3-8-24-18-23(19-25(9-4-2)30(24)26-12-13-28(33)29(34)20-26)21-35-16-14-32(15-17-35)22-36(31(37)38-32)27-10-6-5-7-11-27/h5-7,10-13,18-20H,3-4,8-9,14-17,21-22H2,1-2H3. The molecule has 2 saturated heterocycles. The Bertz CT molecular complexity index is 1260. The highest BCUT2D eigenvalue weighted by Crippen LogP contribution is 2.37. The number of likely N-dealkylation sites (tertiary alicyclic amines) is 1. The average Bonchev–Trinajstić information content (AvgIpc) is 3.24. The van der Waals surface area contributed by atoms with Crippen LogP contribution in [0.5, 0.6) is 0 Å². The predicted octanol–water partition coefficient (Wildman–Crippen LogP) is 7.53. The second-order valence-corrected chi connectivity index (χ2v) is 10.7. The van der Waals surface area contributed by atoms with Crippen molar-refractivity contribution in [3.05, 3.63) is 89.0 Å². The molecule has 2 heterocycles. The average molecular weight is 519 g/mol. The summed E-state index contributed by atoms with van der Waals surface area (Å²) in [6.07, 6.45) is 5.06. The summed E-state index contributed by atoms with van der Waals surface area (Å²) in [5.74, 6) is -1.63. The smallest absolute Gasteiger partial charge is 0.415 e. The van der Waals surface area contributed by atoms with Gasteiger partial charge in [0.15, 0.2) is 11.6 Å². The van der Waals surface area contributed by atoms with Crippen LogP contribution >= 0.6 is 0 Å². The summed E-state index contributed by atoms with van der Waals surface area (Å²) in [6, 6.07) is 18.5. The normalized spacial score (nSPS) is 17.3. The fourth-order valence-corrected chi connectivity index (χ4v) is 5.95. The van der Waals surface area contributed by atoms with Gasteiger partial charge < -0.3 is 4.74 Å². The highest BCUT2D eigenvalue weighted by Gasteiger charge is 2.47. The van der Waals surface area contributed by atoms with E-state index in [1.807, 2.05) is 30.3 Å². The minimum Gasteiger partial charge on any atom is -0.441 e. The molecule has 0 unspecified atom stereocenters. The molecule has 5 rings (SSSR count). The predicted molar refractivity (Wildman–Crippen MR) is 147 cm³/mol. The number of amides is 1. The third-order valence-corrected chi connectivity index (χ3v) is 7.82. The summed E-state index contributed by atoms with van der Waals surface area (Å²) in [4.78, 5) is 16.8. The lowest BCUT2D eigenvalue weighted by Gasteiger charge is -2.37. The molecule has 1 amide bonds. The van der Waals surface area contributed by atoms with Gasteiger partial charge in [0.2, 0.25) is 0 Å². The largest absolute Gasteiger partial charge is 0.441 e. The van der Waals surface area contributed by atoms with Crippen molar-refractivity contribution in [2.45, 2.75) is 64.5 Å². The van der Waals surface area contributed by atoms with E-state index in [1.54, 1.807) is 11.0 Å². The molecule has 0 saturated carbocycles. The number of ether oxygens (including phenoxy) is 1. The van der Waals surface area contributed by atoms with Crippen molar-refractivity contribution in [3.63, 3.8) is 0 Å². The van der Waals surface area contributed by atoms with E-state index < -0.39 is 17.2 Å². The Labute approximate surface area is 224 Å². The monoisotopic (exact) mass is 518 g/mol. The van der Waals surface area contributed by atoms with Gasteiger partial charge in [0.05, 0.1) is 6.54 Å². The zero-order valence-corrected chi connectivity index (χ0v) is 22.3. The second kappa shape index (κ2) is 11.2. The number of benzene rings is 3. The van der Waals surface area contributed by atoms with Gasteiger partial charge in [-0.1, -0.05) is 63.1 Å². The van der Waals surface area contributed by atoms with Crippen LogP contribution < -0.4 is 4.90 Å². The maximum Gasteiger partial charge on any atom is 0.415 e. The van der Waals surface area contributed by atoms with E-state index in [2.05, 4.69) is 30.9 Å². The summed E-state index contributed by atoms with van der Waals surface area (Å²) in [7, 11) is 0. The fourth-order valence-electron chi connectivity index (χ4n) is 5.95. The van der Waals surface area contributed by atoms with Gasteiger partial charge in [0.1, 0.15) is 5.60 Å². The number of para-hydroxylation sites is 1. The quantitative estimate of drug-likeness (QED) is 0.309. The number of anilines is 1. The number of hydrogen-bond acceptors (Lipinski definition) is 3. The number of aryl methyl sites for hydroxylation is 2. The lowest BCUT2D eigenvalue weighted by atomic mass is 9.87. The Morgan fingerprint density at radius 3 is 2.13 bits per heavy atom. The Balaban J connectivity index is 1.33. The fraction of sp³-hybridized carbons (Fsp3) is 0.406. The molecule has 0 aromatic heterocycles. The molecule has 6 heteroatoms. The SMILES string of the molecule is CCCc1cc(CN2CCC3(CC2)CN(c2ccccc2)C(=O)O3)cc(CCC)c1-c1ccc(F)c(F)c1.